The molecule has 0 radical (unpaired) electrons. The molecule has 0 amide bonds. The minimum Gasteiger partial charge on any atom is -0.291 e. The maximum absolute atomic E-state index is 11.5. The topological polar surface area (TPSA) is 17.1 Å². The van der Waals surface area contributed by atoms with Crippen LogP contribution in [0.15, 0.2) is 17.5 Å². The second kappa shape index (κ2) is 4.36. The van der Waals surface area contributed by atoms with Gasteiger partial charge in [-0.15, -0.1) is 11.3 Å². The number of carbonyl (C=O) groups is 1. The number of Topliss-reactive ketones (excluding diaryl/α,β-unsaturated/α-hetero) is 1. The van der Waals surface area contributed by atoms with Crippen molar-refractivity contribution in [1.82, 2.24) is 0 Å². The second-order valence-corrected chi connectivity index (χ2v) is 6.93. The van der Waals surface area contributed by atoms with Crippen molar-refractivity contribution >= 4 is 75.1 Å². The van der Waals surface area contributed by atoms with E-state index in [0.29, 0.717) is 4.88 Å². The van der Waals surface area contributed by atoms with Gasteiger partial charge in [-0.2, -0.15) is 0 Å². The maximum atomic E-state index is 11.5. The first-order valence-corrected chi connectivity index (χ1v) is 6.06. The molecule has 1 aromatic heterocycles. The van der Waals surface area contributed by atoms with Crippen molar-refractivity contribution < 1.29 is 4.79 Å². The summed E-state index contributed by atoms with van der Waals surface area (Å²) < 4.78 is -3.92. The Labute approximate surface area is 110 Å². The molecule has 78 valence electrons. The molecule has 0 aliphatic carbocycles. The van der Waals surface area contributed by atoms with Gasteiger partial charge >= 0.3 is 0 Å². The molecule has 0 saturated carbocycles. The normalized spacial score (nSPS) is 12.9. The Hall–Kier alpha value is 0.820. The second-order valence-electron chi connectivity index (χ2n) is 2.38. The third kappa shape index (κ3) is 2.69. The molecule has 0 N–H and O–H groups in total. The fraction of sp³-hybridized carbons (Fsp3) is 0.286. The summed E-state index contributed by atoms with van der Waals surface area (Å²) in [6, 6.07) is 3.30. The van der Waals surface area contributed by atoms with E-state index < -0.39 is 13.9 Å². The third-order valence-electron chi connectivity index (χ3n) is 1.37. The number of carbonyl (C=O) groups excluding carboxylic acids is 1. The van der Waals surface area contributed by atoms with Crippen molar-refractivity contribution in [2.24, 2.45) is 0 Å². The standard InChI is InChI=1S/C7H3Cl5OS/c8-6(9,4-2-1-3-14-4)5(13)7(10,11)12/h1-3H. The summed E-state index contributed by atoms with van der Waals surface area (Å²) in [4.78, 5) is 12.0. The zero-order chi connectivity index (χ0) is 11.0. The van der Waals surface area contributed by atoms with Gasteiger partial charge in [-0.25, -0.2) is 0 Å². The monoisotopic (exact) mass is 310 g/mol. The Morgan fingerprint density at radius 2 is 1.79 bits per heavy atom. The smallest absolute Gasteiger partial charge is 0.252 e. The zero-order valence-corrected chi connectivity index (χ0v) is 11.0. The molecule has 1 aromatic rings. The highest BCUT2D eigenvalue weighted by Crippen LogP contribution is 2.44. The minimum atomic E-state index is -2.12. The first-order valence-electron chi connectivity index (χ1n) is 3.29. The molecule has 0 unspecified atom stereocenters. The van der Waals surface area contributed by atoms with Crippen LogP contribution in [0, 0.1) is 0 Å². The number of hydrogen-bond acceptors (Lipinski definition) is 2. The van der Waals surface area contributed by atoms with Gasteiger partial charge in [0.15, 0.2) is 0 Å². The summed E-state index contributed by atoms with van der Waals surface area (Å²) in [5.41, 5.74) is 0. The van der Waals surface area contributed by atoms with E-state index in [1.165, 1.54) is 11.3 Å². The highest BCUT2D eigenvalue weighted by Gasteiger charge is 2.47. The van der Waals surface area contributed by atoms with Gasteiger partial charge in [0.2, 0.25) is 10.1 Å². The molecule has 0 spiro atoms. The number of ketones is 1. The summed E-state index contributed by atoms with van der Waals surface area (Å²) >= 11 is 29.0. The molecular formula is C7H3Cl5OS. The van der Waals surface area contributed by atoms with Crippen LogP contribution >= 0.6 is 69.3 Å². The molecule has 1 heterocycles. The first kappa shape index (κ1) is 12.9. The van der Waals surface area contributed by atoms with E-state index in [1.807, 2.05) is 0 Å². The number of alkyl halides is 5. The van der Waals surface area contributed by atoms with Gasteiger partial charge in [-0.3, -0.25) is 4.79 Å². The highest BCUT2D eigenvalue weighted by molar-refractivity contribution is 7.11. The molecule has 7 heteroatoms. The summed E-state index contributed by atoms with van der Waals surface area (Å²) in [5, 5.41) is 1.72. The Morgan fingerprint density at radius 3 is 2.14 bits per heavy atom. The minimum absolute atomic E-state index is 0.428. The van der Waals surface area contributed by atoms with E-state index in [0.717, 1.165) is 0 Å². The third-order valence-corrected chi connectivity index (χ3v) is 3.85. The summed E-state index contributed by atoms with van der Waals surface area (Å²) in [6.45, 7) is 0. The van der Waals surface area contributed by atoms with Crippen LogP contribution in [0.1, 0.15) is 4.88 Å². The largest absolute Gasteiger partial charge is 0.291 e. The maximum Gasteiger partial charge on any atom is 0.252 e. The molecule has 0 bridgehead atoms. The lowest BCUT2D eigenvalue weighted by molar-refractivity contribution is -0.118. The van der Waals surface area contributed by atoms with Crippen LogP contribution in [-0.2, 0) is 9.13 Å². The van der Waals surface area contributed by atoms with Crippen LogP contribution < -0.4 is 0 Å². The SMILES string of the molecule is O=C(C(Cl)(Cl)Cl)C(Cl)(Cl)c1cccs1. The summed E-state index contributed by atoms with van der Waals surface area (Å²) in [7, 11) is 0. The van der Waals surface area contributed by atoms with Crippen LogP contribution in [-0.4, -0.2) is 9.58 Å². The van der Waals surface area contributed by atoms with E-state index in [1.54, 1.807) is 17.5 Å². The zero-order valence-electron chi connectivity index (χ0n) is 6.44. The van der Waals surface area contributed by atoms with E-state index in [9.17, 15) is 4.79 Å². The van der Waals surface area contributed by atoms with Gasteiger partial charge in [-0.1, -0.05) is 64.1 Å². The molecule has 0 aliphatic heterocycles. The van der Waals surface area contributed by atoms with Crippen LogP contribution in [0.5, 0.6) is 0 Å². The fourth-order valence-electron chi connectivity index (χ4n) is 0.747. The van der Waals surface area contributed by atoms with Crippen molar-refractivity contribution in [1.29, 1.82) is 0 Å². The van der Waals surface area contributed by atoms with Crippen molar-refractivity contribution in [3.63, 3.8) is 0 Å². The number of thiophene rings is 1. The van der Waals surface area contributed by atoms with Gasteiger partial charge < -0.3 is 0 Å². The van der Waals surface area contributed by atoms with Crippen LogP contribution in [0.25, 0.3) is 0 Å². The van der Waals surface area contributed by atoms with Gasteiger partial charge in [0.1, 0.15) is 0 Å². The average molecular weight is 312 g/mol. The van der Waals surface area contributed by atoms with Crippen LogP contribution in [0.4, 0.5) is 0 Å². The van der Waals surface area contributed by atoms with Crippen molar-refractivity contribution in [3.8, 4) is 0 Å². The predicted octanol–water partition coefficient (Wildman–Crippen LogP) is 4.32. The van der Waals surface area contributed by atoms with Crippen molar-refractivity contribution in [2.45, 2.75) is 8.13 Å². The van der Waals surface area contributed by atoms with E-state index >= 15 is 0 Å². The Balaban J connectivity index is 3.03. The molecular weight excluding hydrogens is 309 g/mol. The highest BCUT2D eigenvalue weighted by atomic mass is 35.6. The number of halogens is 5. The van der Waals surface area contributed by atoms with E-state index in [4.69, 9.17) is 58.0 Å². The first-order chi connectivity index (χ1) is 6.26. The van der Waals surface area contributed by atoms with Gasteiger partial charge in [-0.05, 0) is 11.4 Å². The van der Waals surface area contributed by atoms with E-state index in [-0.39, 0.29) is 0 Å². The predicted molar refractivity (Wildman–Crippen MR) is 63.0 cm³/mol. The van der Waals surface area contributed by atoms with Crippen LogP contribution in [0.3, 0.4) is 0 Å². The molecule has 0 atom stereocenters. The summed E-state index contributed by atoms with van der Waals surface area (Å²) in [5.74, 6) is -0.874. The van der Waals surface area contributed by atoms with Crippen molar-refractivity contribution in [3.05, 3.63) is 22.4 Å². The quantitative estimate of drug-likeness (QED) is 0.743. The van der Waals surface area contributed by atoms with E-state index in [2.05, 4.69) is 0 Å². The fourth-order valence-corrected chi connectivity index (χ4v) is 2.84. The molecule has 0 saturated heterocycles. The van der Waals surface area contributed by atoms with Crippen LogP contribution in [0.2, 0.25) is 0 Å². The molecule has 1 rings (SSSR count). The van der Waals surface area contributed by atoms with Crippen molar-refractivity contribution in [2.75, 3.05) is 0 Å². The average Bonchev–Trinajstić information content (AvgIpc) is 2.53. The molecule has 0 aromatic carbocycles. The molecule has 1 nitrogen and oxygen atoms in total. The lowest BCUT2D eigenvalue weighted by Crippen LogP contribution is -2.33. The Morgan fingerprint density at radius 1 is 1.21 bits per heavy atom. The Bertz CT molecular complexity index is 326. The molecule has 0 aliphatic rings. The van der Waals surface area contributed by atoms with Gasteiger partial charge in [0.05, 0.1) is 0 Å². The van der Waals surface area contributed by atoms with Gasteiger partial charge in [0, 0.05) is 4.88 Å². The number of hydrogen-bond donors (Lipinski definition) is 0. The lowest BCUT2D eigenvalue weighted by Gasteiger charge is -2.20. The summed E-state index contributed by atoms with van der Waals surface area (Å²) in [6.07, 6.45) is 0. The Kier molecular flexibility index (Phi) is 4.02. The van der Waals surface area contributed by atoms with Gasteiger partial charge in [0.25, 0.3) is 3.79 Å². The molecule has 14 heavy (non-hydrogen) atoms. The molecule has 0 fully saturated rings. The number of rotatable bonds is 2. The lowest BCUT2D eigenvalue weighted by atomic mass is 10.2.